The van der Waals surface area contributed by atoms with Gasteiger partial charge in [0.2, 0.25) is 5.91 Å². The monoisotopic (exact) mass is 422 g/mol. The number of esters is 1. The lowest BCUT2D eigenvalue weighted by atomic mass is 9.89. The number of phenolic OH excluding ortho intramolecular Hbond substituents is 1. The van der Waals surface area contributed by atoms with Crippen molar-refractivity contribution in [3.05, 3.63) is 29.3 Å². The minimum Gasteiger partial charge on any atom is -0.507 e. The van der Waals surface area contributed by atoms with E-state index in [1.807, 2.05) is 13.8 Å². The zero-order chi connectivity index (χ0) is 22.6. The zero-order valence-electron chi connectivity index (χ0n) is 18.0. The summed E-state index contributed by atoms with van der Waals surface area (Å²) in [6, 6.07) is 3.74. The lowest BCUT2D eigenvalue weighted by Crippen LogP contribution is -2.53. The van der Waals surface area contributed by atoms with Crippen LogP contribution in [-0.2, 0) is 16.0 Å². The first-order chi connectivity index (χ1) is 14.1. The van der Waals surface area contributed by atoms with Gasteiger partial charge in [-0.05, 0) is 30.4 Å². The number of aromatic hydroxyl groups is 1. The van der Waals surface area contributed by atoms with Gasteiger partial charge in [0, 0.05) is 12.5 Å². The number of aliphatic hydroxyl groups is 2. The highest BCUT2D eigenvalue weighted by molar-refractivity contribution is 5.95. The Hall–Kier alpha value is -2.16. The van der Waals surface area contributed by atoms with Gasteiger partial charge in [-0.3, -0.25) is 4.79 Å². The molecule has 168 valence electrons. The largest absolute Gasteiger partial charge is 0.507 e. The van der Waals surface area contributed by atoms with Gasteiger partial charge in [-0.15, -0.1) is 0 Å². The Morgan fingerprint density at radius 2 is 1.93 bits per heavy atom. The molecule has 30 heavy (non-hydrogen) atoms. The summed E-state index contributed by atoms with van der Waals surface area (Å²) >= 11 is 0. The lowest BCUT2D eigenvalue weighted by molar-refractivity contribution is -0.133. The fourth-order valence-electron chi connectivity index (χ4n) is 3.74. The number of benzene rings is 1. The van der Waals surface area contributed by atoms with Crippen LogP contribution >= 0.6 is 0 Å². The van der Waals surface area contributed by atoms with Crippen LogP contribution in [0.1, 0.15) is 56.5 Å². The maximum absolute atomic E-state index is 12.8. The topological polar surface area (TPSA) is 142 Å². The van der Waals surface area contributed by atoms with Crippen molar-refractivity contribution >= 4 is 11.9 Å². The van der Waals surface area contributed by atoms with Crippen molar-refractivity contribution in [1.29, 1.82) is 0 Å². The molecule has 8 nitrogen and oxygen atoms in total. The summed E-state index contributed by atoms with van der Waals surface area (Å²) in [5, 5.41) is 33.4. The van der Waals surface area contributed by atoms with Crippen LogP contribution in [0.2, 0.25) is 0 Å². The number of hydrogen-bond donors (Lipinski definition) is 5. The maximum Gasteiger partial charge on any atom is 0.342 e. The zero-order valence-corrected chi connectivity index (χ0v) is 18.0. The average Bonchev–Trinajstić information content (AvgIpc) is 2.70. The van der Waals surface area contributed by atoms with E-state index in [0.29, 0.717) is 24.8 Å². The van der Waals surface area contributed by atoms with Gasteiger partial charge in [0.25, 0.3) is 0 Å². The van der Waals surface area contributed by atoms with Gasteiger partial charge < -0.3 is 31.1 Å². The number of hydrogen-bond acceptors (Lipinski definition) is 7. The van der Waals surface area contributed by atoms with Crippen LogP contribution < -0.4 is 11.1 Å². The van der Waals surface area contributed by atoms with Crippen molar-refractivity contribution in [3.63, 3.8) is 0 Å². The number of carbonyl (C=O) groups is 2. The lowest BCUT2D eigenvalue weighted by Gasteiger charge is -2.34. The second kappa shape index (κ2) is 10.2. The Bertz CT molecular complexity index is 753. The molecule has 0 unspecified atom stereocenters. The summed E-state index contributed by atoms with van der Waals surface area (Å²) in [4.78, 5) is 25.3. The van der Waals surface area contributed by atoms with E-state index in [9.17, 15) is 24.9 Å². The van der Waals surface area contributed by atoms with Crippen LogP contribution in [0, 0.1) is 11.8 Å². The number of cyclic esters (lactones) is 1. The van der Waals surface area contributed by atoms with E-state index in [-0.39, 0.29) is 17.2 Å². The Morgan fingerprint density at radius 3 is 2.53 bits per heavy atom. The quantitative estimate of drug-likeness (QED) is 0.375. The molecule has 0 saturated carbocycles. The van der Waals surface area contributed by atoms with Crippen molar-refractivity contribution in [2.75, 3.05) is 0 Å². The molecule has 1 amide bonds. The average molecular weight is 423 g/mol. The SMILES string of the molecule is CC[C@H](N)[C@H](O)[C@H](O)[C@H](C)C(=O)N[C@H](CC(C)C)[C@H]1Cc2cccc(O)c2C(=O)O1. The third kappa shape index (κ3) is 5.50. The summed E-state index contributed by atoms with van der Waals surface area (Å²) in [5.41, 5.74) is 6.61. The molecule has 8 heteroatoms. The van der Waals surface area contributed by atoms with Gasteiger partial charge >= 0.3 is 5.97 Å². The Balaban J connectivity index is 2.16. The minimum absolute atomic E-state index is 0.126. The van der Waals surface area contributed by atoms with Crippen molar-refractivity contribution < 1.29 is 29.6 Å². The van der Waals surface area contributed by atoms with Gasteiger partial charge in [-0.1, -0.05) is 39.8 Å². The first-order valence-electron chi connectivity index (χ1n) is 10.5. The van der Waals surface area contributed by atoms with Gasteiger partial charge in [0.05, 0.1) is 24.2 Å². The molecule has 2 rings (SSSR count). The molecule has 0 saturated heterocycles. The number of nitrogens with one attached hydrogen (secondary N) is 1. The highest BCUT2D eigenvalue weighted by atomic mass is 16.5. The number of amides is 1. The standard InChI is InChI=1S/C22H34N2O6/c1-5-14(23)20(27)19(26)12(4)21(28)24-15(9-11(2)3)17-10-13-7-6-8-16(25)18(13)22(29)30-17/h6-8,11-12,14-15,17,19-20,25-27H,5,9-10,23H2,1-4H3,(H,24,28)/t12-,14-,15+,17+,19+,20-/m0/s1. The van der Waals surface area contributed by atoms with E-state index in [1.54, 1.807) is 19.1 Å². The maximum atomic E-state index is 12.8. The first kappa shape index (κ1) is 24.1. The Kier molecular flexibility index (Phi) is 8.23. The predicted octanol–water partition coefficient (Wildman–Crippen LogP) is 1.10. The van der Waals surface area contributed by atoms with Crippen LogP contribution in [0.25, 0.3) is 0 Å². The van der Waals surface area contributed by atoms with Crippen LogP contribution in [0.3, 0.4) is 0 Å². The molecule has 1 heterocycles. The van der Waals surface area contributed by atoms with Crippen molar-refractivity contribution in [3.8, 4) is 5.75 Å². The highest BCUT2D eigenvalue weighted by Gasteiger charge is 2.37. The van der Waals surface area contributed by atoms with Crippen LogP contribution in [0.4, 0.5) is 0 Å². The van der Waals surface area contributed by atoms with Crippen LogP contribution in [-0.4, -0.2) is 57.6 Å². The molecule has 0 fully saturated rings. The molecule has 0 aliphatic carbocycles. The second-order valence-corrected chi connectivity index (χ2v) is 8.55. The van der Waals surface area contributed by atoms with E-state index in [0.717, 1.165) is 0 Å². The van der Waals surface area contributed by atoms with E-state index in [1.165, 1.54) is 13.0 Å². The van der Waals surface area contributed by atoms with Crippen molar-refractivity contribution in [2.45, 2.75) is 77.4 Å². The summed E-state index contributed by atoms with van der Waals surface area (Å²) in [7, 11) is 0. The van der Waals surface area contributed by atoms with E-state index in [2.05, 4.69) is 5.32 Å². The van der Waals surface area contributed by atoms with E-state index < -0.39 is 48.2 Å². The third-order valence-corrected chi connectivity index (χ3v) is 5.70. The summed E-state index contributed by atoms with van der Waals surface area (Å²) in [6.45, 7) is 7.30. The number of fused-ring (bicyclic) bond motifs is 1. The normalized spacial score (nSPS) is 21.2. The van der Waals surface area contributed by atoms with Gasteiger partial charge in [0.1, 0.15) is 17.4 Å². The predicted molar refractivity (Wildman–Crippen MR) is 112 cm³/mol. The van der Waals surface area contributed by atoms with E-state index in [4.69, 9.17) is 10.5 Å². The number of carbonyl (C=O) groups excluding carboxylic acids is 2. The number of phenols is 1. The van der Waals surface area contributed by atoms with E-state index >= 15 is 0 Å². The molecule has 6 N–H and O–H groups in total. The fourth-order valence-corrected chi connectivity index (χ4v) is 3.74. The van der Waals surface area contributed by atoms with Gasteiger partial charge in [-0.25, -0.2) is 4.79 Å². The summed E-state index contributed by atoms with van der Waals surface area (Å²) in [6.07, 6.45) is -1.77. The molecule has 0 spiro atoms. The minimum atomic E-state index is -1.31. The number of nitrogens with two attached hydrogens (primary N) is 1. The van der Waals surface area contributed by atoms with Crippen LogP contribution in [0.5, 0.6) is 5.75 Å². The number of aliphatic hydroxyl groups excluding tert-OH is 2. The second-order valence-electron chi connectivity index (χ2n) is 8.55. The number of ether oxygens (including phenoxy) is 1. The van der Waals surface area contributed by atoms with Crippen molar-refractivity contribution in [1.82, 2.24) is 5.32 Å². The molecule has 1 aliphatic rings. The molecular formula is C22H34N2O6. The highest BCUT2D eigenvalue weighted by Crippen LogP contribution is 2.30. The smallest absolute Gasteiger partial charge is 0.342 e. The van der Waals surface area contributed by atoms with Crippen LogP contribution in [0.15, 0.2) is 18.2 Å². The molecule has 1 aromatic carbocycles. The summed E-state index contributed by atoms with van der Waals surface area (Å²) < 4.78 is 5.56. The molecule has 1 aromatic rings. The first-order valence-corrected chi connectivity index (χ1v) is 10.5. The fraction of sp³-hybridized carbons (Fsp3) is 0.636. The van der Waals surface area contributed by atoms with Gasteiger partial charge in [-0.2, -0.15) is 0 Å². The molecule has 1 aliphatic heterocycles. The van der Waals surface area contributed by atoms with Gasteiger partial charge in [0.15, 0.2) is 0 Å². The summed E-state index contributed by atoms with van der Waals surface area (Å²) in [5.74, 6) is -1.90. The molecule has 6 atom stereocenters. The molecule has 0 radical (unpaired) electrons. The molecular weight excluding hydrogens is 388 g/mol. The van der Waals surface area contributed by atoms with Crippen molar-refractivity contribution in [2.24, 2.45) is 17.6 Å². The molecule has 0 bridgehead atoms. The third-order valence-electron chi connectivity index (χ3n) is 5.70. The number of rotatable bonds is 9. The Morgan fingerprint density at radius 1 is 1.27 bits per heavy atom. The molecule has 0 aromatic heterocycles. The Labute approximate surface area is 177 Å².